The van der Waals surface area contributed by atoms with Gasteiger partial charge in [-0.05, 0) is 12.1 Å². The monoisotopic (exact) mass is 340 g/mol. The number of fused-ring (bicyclic) bond motifs is 2. The molecule has 130 valence electrons. The highest BCUT2D eigenvalue weighted by atomic mass is 16.5. The number of carbonyl (C=O) groups excluding carboxylic acids is 1. The number of anilines is 1. The van der Waals surface area contributed by atoms with E-state index in [1.54, 1.807) is 6.20 Å². The van der Waals surface area contributed by atoms with Crippen LogP contribution in [-0.2, 0) is 17.9 Å². The van der Waals surface area contributed by atoms with E-state index in [0.717, 1.165) is 28.4 Å². The number of nitrogens with zero attached hydrogens (tertiary/aromatic N) is 3. The second-order valence-electron chi connectivity index (χ2n) is 5.34. The highest BCUT2D eigenvalue weighted by molar-refractivity contribution is 5.88. The predicted molar refractivity (Wildman–Crippen MR) is 93.3 cm³/mol. The molecule has 0 bridgehead atoms. The van der Waals surface area contributed by atoms with Crippen LogP contribution in [0.15, 0.2) is 41.3 Å². The number of hydrogen-bond donors (Lipinski definition) is 1. The number of amides is 1. The molecule has 0 unspecified atom stereocenters. The predicted octanol–water partition coefficient (Wildman–Crippen LogP) is 3.46. The van der Waals surface area contributed by atoms with Gasteiger partial charge < -0.3 is 14.5 Å². The van der Waals surface area contributed by atoms with Crippen molar-refractivity contribution < 1.29 is 13.9 Å². The number of rotatable bonds is 2. The highest BCUT2D eigenvalue weighted by Gasteiger charge is 2.18. The number of ether oxygens (including phenoxy) is 1. The van der Waals surface area contributed by atoms with E-state index in [1.165, 1.54) is 13.3 Å². The van der Waals surface area contributed by atoms with Gasteiger partial charge in [-0.2, -0.15) is 5.10 Å². The van der Waals surface area contributed by atoms with E-state index in [2.05, 4.69) is 15.4 Å². The van der Waals surface area contributed by atoms with Gasteiger partial charge >= 0.3 is 0 Å². The van der Waals surface area contributed by atoms with Gasteiger partial charge in [0, 0.05) is 24.2 Å². The Bertz CT molecular complexity index is 869. The summed E-state index contributed by atoms with van der Waals surface area (Å²) in [6, 6.07) is 7.56. The average Bonchev–Trinajstić information content (AvgIpc) is 3.23. The summed E-state index contributed by atoms with van der Waals surface area (Å²) in [5, 5.41) is 7.31. The molecule has 1 aliphatic rings. The Morgan fingerprint density at radius 3 is 2.84 bits per heavy atom. The van der Waals surface area contributed by atoms with Crippen LogP contribution >= 0.6 is 0 Å². The molecule has 0 aliphatic carbocycles. The van der Waals surface area contributed by atoms with Gasteiger partial charge in [0.15, 0.2) is 12.2 Å². The number of benzene rings is 1. The van der Waals surface area contributed by atoms with Crippen LogP contribution in [0.1, 0.15) is 32.0 Å². The molecule has 0 saturated heterocycles. The van der Waals surface area contributed by atoms with Crippen LogP contribution in [-0.4, -0.2) is 20.7 Å². The van der Waals surface area contributed by atoms with Crippen LogP contribution in [0.25, 0.3) is 11.5 Å². The fraction of sp³-hybridized carbons (Fsp3) is 0.278. The maximum Gasteiger partial charge on any atom is 0.221 e. The van der Waals surface area contributed by atoms with Crippen molar-refractivity contribution in [3.05, 3.63) is 48.1 Å². The van der Waals surface area contributed by atoms with Crippen LogP contribution in [0.2, 0.25) is 0 Å². The van der Waals surface area contributed by atoms with Crippen molar-refractivity contribution in [2.45, 2.75) is 33.9 Å². The van der Waals surface area contributed by atoms with E-state index in [0.29, 0.717) is 18.9 Å². The third-order valence-electron chi connectivity index (χ3n) is 3.63. The van der Waals surface area contributed by atoms with Crippen molar-refractivity contribution in [1.82, 2.24) is 14.8 Å². The lowest BCUT2D eigenvalue weighted by Gasteiger charge is -2.09. The molecule has 4 rings (SSSR count). The SMILES string of the molecule is CC.CC(=O)Nc1ccc2c(c1)OCc1cc(-c3cnco3)nn1C2. The molecule has 7 heteroatoms. The first-order valence-corrected chi connectivity index (χ1v) is 8.18. The molecule has 0 atom stereocenters. The molecule has 0 fully saturated rings. The van der Waals surface area contributed by atoms with E-state index >= 15 is 0 Å². The molecule has 3 aromatic rings. The summed E-state index contributed by atoms with van der Waals surface area (Å²) in [6.45, 7) is 6.48. The van der Waals surface area contributed by atoms with Gasteiger partial charge in [-0.25, -0.2) is 4.98 Å². The summed E-state index contributed by atoms with van der Waals surface area (Å²) in [5.74, 6) is 1.28. The Labute approximate surface area is 145 Å². The van der Waals surface area contributed by atoms with Gasteiger partial charge in [0.2, 0.25) is 5.91 Å². The van der Waals surface area contributed by atoms with Crippen molar-refractivity contribution in [1.29, 1.82) is 0 Å². The minimum absolute atomic E-state index is 0.108. The van der Waals surface area contributed by atoms with Crippen molar-refractivity contribution in [2.75, 3.05) is 5.32 Å². The molecule has 25 heavy (non-hydrogen) atoms. The van der Waals surface area contributed by atoms with Gasteiger partial charge in [0.05, 0.1) is 18.4 Å². The Kier molecular flexibility index (Phi) is 4.83. The first-order valence-electron chi connectivity index (χ1n) is 8.18. The number of carbonyl (C=O) groups is 1. The molecule has 1 aliphatic heterocycles. The molecule has 1 aromatic carbocycles. The first kappa shape index (κ1) is 16.8. The van der Waals surface area contributed by atoms with Crippen LogP contribution in [0, 0.1) is 0 Å². The van der Waals surface area contributed by atoms with E-state index in [-0.39, 0.29) is 5.91 Å². The molecular formula is C18H20N4O3. The Hall–Kier alpha value is -3.09. The van der Waals surface area contributed by atoms with Crippen molar-refractivity contribution in [3.63, 3.8) is 0 Å². The topological polar surface area (TPSA) is 82.2 Å². The Morgan fingerprint density at radius 1 is 1.28 bits per heavy atom. The zero-order valence-electron chi connectivity index (χ0n) is 14.4. The summed E-state index contributed by atoms with van der Waals surface area (Å²) in [7, 11) is 0. The second kappa shape index (κ2) is 7.21. The fourth-order valence-electron chi connectivity index (χ4n) is 2.58. The lowest BCUT2D eigenvalue weighted by atomic mass is 10.2. The van der Waals surface area contributed by atoms with Crippen LogP contribution < -0.4 is 10.1 Å². The minimum atomic E-state index is -0.108. The van der Waals surface area contributed by atoms with Gasteiger partial charge in [0.1, 0.15) is 18.1 Å². The maximum absolute atomic E-state index is 11.2. The molecule has 1 N–H and O–H groups in total. The number of nitrogens with one attached hydrogen (secondary N) is 1. The zero-order chi connectivity index (χ0) is 17.8. The first-order chi connectivity index (χ1) is 12.2. The molecule has 1 amide bonds. The Balaban J connectivity index is 0.000000880. The maximum atomic E-state index is 11.2. The van der Waals surface area contributed by atoms with E-state index < -0.39 is 0 Å². The average molecular weight is 340 g/mol. The number of hydrogen-bond acceptors (Lipinski definition) is 5. The molecule has 0 spiro atoms. The molecule has 0 saturated carbocycles. The van der Waals surface area contributed by atoms with Crippen molar-refractivity contribution >= 4 is 11.6 Å². The molecule has 2 aromatic heterocycles. The van der Waals surface area contributed by atoms with Crippen LogP contribution in [0.3, 0.4) is 0 Å². The summed E-state index contributed by atoms with van der Waals surface area (Å²) in [5.41, 5.74) is 3.41. The number of aromatic nitrogens is 3. The van der Waals surface area contributed by atoms with Crippen molar-refractivity contribution in [3.8, 4) is 17.2 Å². The van der Waals surface area contributed by atoms with Gasteiger partial charge in [-0.1, -0.05) is 19.9 Å². The summed E-state index contributed by atoms with van der Waals surface area (Å²) in [4.78, 5) is 15.1. The van der Waals surface area contributed by atoms with E-state index in [4.69, 9.17) is 9.15 Å². The molecule has 3 heterocycles. The van der Waals surface area contributed by atoms with E-state index in [1.807, 2.05) is 42.8 Å². The summed E-state index contributed by atoms with van der Waals surface area (Å²) >= 11 is 0. The lowest BCUT2D eigenvalue weighted by Crippen LogP contribution is -2.06. The largest absolute Gasteiger partial charge is 0.487 e. The third kappa shape index (κ3) is 3.55. The van der Waals surface area contributed by atoms with Crippen molar-refractivity contribution in [2.24, 2.45) is 0 Å². The molecular weight excluding hydrogens is 320 g/mol. The summed E-state index contributed by atoms with van der Waals surface area (Å²) < 4.78 is 13.0. The Morgan fingerprint density at radius 2 is 2.12 bits per heavy atom. The normalized spacial score (nSPS) is 12.0. The molecule has 0 radical (unpaired) electrons. The minimum Gasteiger partial charge on any atom is -0.487 e. The lowest BCUT2D eigenvalue weighted by molar-refractivity contribution is -0.114. The van der Waals surface area contributed by atoms with Crippen LogP contribution in [0.5, 0.6) is 5.75 Å². The van der Waals surface area contributed by atoms with Gasteiger partial charge in [0.25, 0.3) is 0 Å². The standard InChI is InChI=1S/C16H14N4O3.C2H6/c1-10(21)18-12-3-2-11-7-20-13(8-22-15(11)4-12)5-14(19-20)16-6-17-9-23-16;1-2/h2-6,9H,7-8H2,1H3,(H,18,21);1-2H3. The second-order valence-corrected chi connectivity index (χ2v) is 5.34. The fourth-order valence-corrected chi connectivity index (χ4v) is 2.58. The van der Waals surface area contributed by atoms with Gasteiger partial charge in [-0.15, -0.1) is 0 Å². The smallest absolute Gasteiger partial charge is 0.221 e. The van der Waals surface area contributed by atoms with E-state index in [9.17, 15) is 4.79 Å². The van der Waals surface area contributed by atoms with Gasteiger partial charge in [-0.3, -0.25) is 9.48 Å². The molecule has 7 nitrogen and oxygen atoms in total. The zero-order valence-corrected chi connectivity index (χ0v) is 14.4. The quantitative estimate of drug-likeness (QED) is 0.772. The third-order valence-corrected chi connectivity index (χ3v) is 3.63. The highest BCUT2D eigenvalue weighted by Crippen LogP contribution is 2.29. The number of oxazole rings is 1. The summed E-state index contributed by atoms with van der Waals surface area (Å²) in [6.07, 6.45) is 3.02. The van der Waals surface area contributed by atoms with Crippen LogP contribution in [0.4, 0.5) is 5.69 Å².